The topological polar surface area (TPSA) is 24.5 Å². The van der Waals surface area contributed by atoms with Crippen molar-refractivity contribution >= 4 is 5.69 Å². The number of rotatable bonds is 2. The van der Waals surface area contributed by atoms with Gasteiger partial charge in [0.2, 0.25) is 0 Å². The monoisotopic (exact) mass is 232 g/mol. The second kappa shape index (κ2) is 5.07. The lowest BCUT2D eigenvalue weighted by Gasteiger charge is -2.27. The zero-order valence-corrected chi connectivity index (χ0v) is 10.2. The van der Waals surface area contributed by atoms with E-state index < -0.39 is 0 Å². The van der Waals surface area contributed by atoms with E-state index in [1.165, 1.54) is 17.7 Å². The summed E-state index contributed by atoms with van der Waals surface area (Å²) in [6.07, 6.45) is 1.21. The molecule has 0 amide bonds. The van der Waals surface area contributed by atoms with Gasteiger partial charge in [-0.2, -0.15) is 0 Å². The third kappa shape index (κ3) is 2.45. The summed E-state index contributed by atoms with van der Waals surface area (Å²) in [5.74, 6) is 0.709. The number of para-hydroxylation sites is 1. The van der Waals surface area contributed by atoms with Crippen LogP contribution in [-0.4, -0.2) is 32.8 Å². The molecule has 1 fully saturated rings. The highest BCUT2D eigenvalue weighted by Crippen LogP contribution is 2.24. The first-order chi connectivity index (χ1) is 8.43. The summed E-state index contributed by atoms with van der Waals surface area (Å²) >= 11 is 0. The van der Waals surface area contributed by atoms with E-state index in [1.54, 1.807) is 0 Å². The third-order valence-electron chi connectivity index (χ3n) is 3.71. The van der Waals surface area contributed by atoms with Crippen LogP contribution in [0.4, 0.5) is 5.69 Å². The van der Waals surface area contributed by atoms with Crippen molar-refractivity contribution in [3.05, 3.63) is 29.8 Å². The molecular weight excluding hydrogens is 212 g/mol. The Labute approximate surface area is 103 Å². The maximum atomic E-state index is 5.48. The van der Waals surface area contributed by atoms with E-state index in [-0.39, 0.29) is 0 Å². The third-order valence-corrected chi connectivity index (χ3v) is 3.71. The average Bonchev–Trinajstić information content (AvgIpc) is 2.78. The number of nitrogens with zero attached hydrogens (tertiary/aromatic N) is 1. The van der Waals surface area contributed by atoms with Gasteiger partial charge in [0, 0.05) is 44.4 Å². The van der Waals surface area contributed by atoms with Gasteiger partial charge < -0.3 is 15.0 Å². The molecule has 0 radical (unpaired) electrons. The Hall–Kier alpha value is -1.06. The highest BCUT2D eigenvalue weighted by Gasteiger charge is 2.21. The molecule has 1 aromatic rings. The largest absolute Gasteiger partial charge is 0.381 e. The number of ether oxygens (including phenoxy) is 1. The second-order valence-electron chi connectivity index (χ2n) is 4.98. The minimum absolute atomic E-state index is 0.709. The predicted molar refractivity (Wildman–Crippen MR) is 69.3 cm³/mol. The molecule has 1 atom stereocenters. The van der Waals surface area contributed by atoms with Crippen molar-refractivity contribution in [1.29, 1.82) is 0 Å². The number of fused-ring (bicyclic) bond motifs is 1. The van der Waals surface area contributed by atoms with Crippen molar-refractivity contribution in [2.75, 3.05) is 37.7 Å². The van der Waals surface area contributed by atoms with Crippen molar-refractivity contribution < 1.29 is 4.74 Å². The van der Waals surface area contributed by atoms with Gasteiger partial charge in [0.25, 0.3) is 0 Å². The first kappa shape index (κ1) is 11.1. The van der Waals surface area contributed by atoms with Crippen LogP contribution in [0.1, 0.15) is 12.0 Å². The van der Waals surface area contributed by atoms with Crippen LogP contribution in [0.2, 0.25) is 0 Å². The van der Waals surface area contributed by atoms with Crippen LogP contribution >= 0.6 is 0 Å². The highest BCUT2D eigenvalue weighted by atomic mass is 16.5. The molecule has 1 unspecified atom stereocenters. The van der Waals surface area contributed by atoms with E-state index in [0.29, 0.717) is 5.92 Å². The lowest BCUT2D eigenvalue weighted by Crippen LogP contribution is -2.33. The maximum Gasteiger partial charge on any atom is 0.0512 e. The van der Waals surface area contributed by atoms with Gasteiger partial charge in [-0.3, -0.25) is 0 Å². The fraction of sp³-hybridized carbons (Fsp3) is 0.571. The van der Waals surface area contributed by atoms with Gasteiger partial charge in [0.1, 0.15) is 0 Å². The molecule has 3 heteroatoms. The molecule has 17 heavy (non-hydrogen) atoms. The van der Waals surface area contributed by atoms with Crippen molar-refractivity contribution in [3.63, 3.8) is 0 Å². The summed E-state index contributed by atoms with van der Waals surface area (Å²) in [5, 5.41) is 3.49. The predicted octanol–water partition coefficient (Wildman–Crippen LogP) is 1.63. The number of anilines is 1. The van der Waals surface area contributed by atoms with Crippen molar-refractivity contribution in [2.24, 2.45) is 5.92 Å². The molecule has 0 aliphatic carbocycles. The van der Waals surface area contributed by atoms with Crippen LogP contribution in [0.5, 0.6) is 0 Å². The first-order valence-corrected chi connectivity index (χ1v) is 6.55. The fourth-order valence-corrected chi connectivity index (χ4v) is 2.75. The van der Waals surface area contributed by atoms with Gasteiger partial charge >= 0.3 is 0 Å². The molecule has 3 rings (SSSR count). The Bertz CT molecular complexity index is 374. The molecular formula is C14H20N2O. The van der Waals surface area contributed by atoms with E-state index in [1.807, 2.05) is 0 Å². The molecule has 0 saturated carbocycles. The summed E-state index contributed by atoms with van der Waals surface area (Å²) in [6, 6.07) is 8.74. The quantitative estimate of drug-likeness (QED) is 0.839. The molecule has 1 N–H and O–H groups in total. The van der Waals surface area contributed by atoms with Crippen LogP contribution in [0, 0.1) is 5.92 Å². The lowest BCUT2D eigenvalue weighted by atomic mass is 10.1. The smallest absolute Gasteiger partial charge is 0.0512 e. The SMILES string of the molecule is c1ccc2c(c1)CNCCN2CC1CCOC1. The van der Waals surface area contributed by atoms with Gasteiger partial charge in [-0.1, -0.05) is 18.2 Å². The second-order valence-corrected chi connectivity index (χ2v) is 4.98. The van der Waals surface area contributed by atoms with Crippen molar-refractivity contribution in [1.82, 2.24) is 5.32 Å². The molecule has 1 saturated heterocycles. The van der Waals surface area contributed by atoms with Gasteiger partial charge in [-0.25, -0.2) is 0 Å². The van der Waals surface area contributed by atoms with E-state index in [9.17, 15) is 0 Å². The minimum Gasteiger partial charge on any atom is -0.381 e. The molecule has 92 valence electrons. The molecule has 0 bridgehead atoms. The summed E-state index contributed by atoms with van der Waals surface area (Å²) < 4.78 is 5.48. The van der Waals surface area contributed by atoms with Crippen LogP contribution in [0.25, 0.3) is 0 Å². The average molecular weight is 232 g/mol. The standard InChI is InChI=1S/C14H20N2O/c1-2-4-14-13(3-1)9-15-6-7-16(14)10-12-5-8-17-11-12/h1-4,12,15H,5-11H2. The van der Waals surface area contributed by atoms with Gasteiger partial charge in [0.15, 0.2) is 0 Å². The summed E-state index contributed by atoms with van der Waals surface area (Å²) in [7, 11) is 0. The Morgan fingerprint density at radius 3 is 3.18 bits per heavy atom. The normalized spacial score (nSPS) is 24.5. The van der Waals surface area contributed by atoms with Crippen LogP contribution < -0.4 is 10.2 Å². The van der Waals surface area contributed by atoms with E-state index in [0.717, 1.165) is 39.4 Å². The number of hydrogen-bond acceptors (Lipinski definition) is 3. The number of nitrogens with one attached hydrogen (secondary N) is 1. The van der Waals surface area contributed by atoms with Gasteiger partial charge in [-0.15, -0.1) is 0 Å². The number of benzene rings is 1. The lowest BCUT2D eigenvalue weighted by molar-refractivity contribution is 0.186. The molecule has 2 heterocycles. The van der Waals surface area contributed by atoms with Crippen molar-refractivity contribution in [2.45, 2.75) is 13.0 Å². The van der Waals surface area contributed by atoms with Crippen LogP contribution in [-0.2, 0) is 11.3 Å². The summed E-state index contributed by atoms with van der Waals surface area (Å²) in [4.78, 5) is 2.52. The summed E-state index contributed by atoms with van der Waals surface area (Å²) in [5.41, 5.74) is 2.83. The highest BCUT2D eigenvalue weighted by molar-refractivity contribution is 5.54. The van der Waals surface area contributed by atoms with Crippen LogP contribution in [0.15, 0.2) is 24.3 Å². The maximum absolute atomic E-state index is 5.48. The molecule has 2 aliphatic heterocycles. The molecule has 1 aromatic carbocycles. The zero-order valence-electron chi connectivity index (χ0n) is 10.2. The molecule has 0 spiro atoms. The van der Waals surface area contributed by atoms with Gasteiger partial charge in [0.05, 0.1) is 6.61 Å². The molecule has 2 aliphatic rings. The van der Waals surface area contributed by atoms with E-state index in [2.05, 4.69) is 34.5 Å². The van der Waals surface area contributed by atoms with E-state index >= 15 is 0 Å². The summed E-state index contributed by atoms with van der Waals surface area (Å²) in [6.45, 7) is 6.19. The molecule has 0 aromatic heterocycles. The zero-order chi connectivity index (χ0) is 11.5. The minimum atomic E-state index is 0.709. The Kier molecular flexibility index (Phi) is 3.29. The Balaban J connectivity index is 1.78. The Morgan fingerprint density at radius 2 is 2.29 bits per heavy atom. The Morgan fingerprint density at radius 1 is 1.35 bits per heavy atom. The van der Waals surface area contributed by atoms with E-state index in [4.69, 9.17) is 4.74 Å². The fourth-order valence-electron chi connectivity index (χ4n) is 2.75. The first-order valence-electron chi connectivity index (χ1n) is 6.55. The molecule has 3 nitrogen and oxygen atoms in total. The van der Waals surface area contributed by atoms with Gasteiger partial charge in [-0.05, 0) is 18.1 Å². The van der Waals surface area contributed by atoms with Crippen molar-refractivity contribution in [3.8, 4) is 0 Å². The number of hydrogen-bond donors (Lipinski definition) is 1. The van der Waals surface area contributed by atoms with Crippen LogP contribution in [0.3, 0.4) is 0 Å².